The maximum atomic E-state index is 11.2. The van der Waals surface area contributed by atoms with Crippen LogP contribution in [-0.2, 0) is 11.2 Å². The topological polar surface area (TPSA) is 127 Å². The molecule has 152 valence electrons. The molecule has 0 aliphatic carbocycles. The number of unbranched alkanes of at least 4 members (excludes halogenated alkanes) is 3. The lowest BCUT2D eigenvalue weighted by Crippen LogP contribution is -2.08. The third kappa shape index (κ3) is 7.46. The summed E-state index contributed by atoms with van der Waals surface area (Å²) in [5, 5.41) is 12.3. The molecule has 0 bridgehead atoms. The zero-order chi connectivity index (χ0) is 20.4. The van der Waals surface area contributed by atoms with Crippen LogP contribution < -0.4 is 11.1 Å². The fraction of sp³-hybridized carbons (Fsp3) is 0.550. The van der Waals surface area contributed by atoms with Crippen LogP contribution in [0, 0.1) is 6.92 Å². The van der Waals surface area contributed by atoms with Gasteiger partial charge in [-0.1, -0.05) is 19.3 Å². The van der Waals surface area contributed by atoms with Crippen LogP contribution in [0.5, 0.6) is 0 Å². The number of hydrogen-bond donors (Lipinski definition) is 3. The SMILES string of the molecule is CCNc1nc(N)cc(CCCCCC[C@@H](CC(=O)O)c2cnc(C)nc2)n1. The van der Waals surface area contributed by atoms with E-state index >= 15 is 0 Å². The number of aromatic nitrogens is 4. The zero-order valence-electron chi connectivity index (χ0n) is 16.7. The van der Waals surface area contributed by atoms with Gasteiger partial charge in [-0.3, -0.25) is 4.79 Å². The summed E-state index contributed by atoms with van der Waals surface area (Å²) in [5.74, 6) is 0.929. The van der Waals surface area contributed by atoms with E-state index in [1.165, 1.54) is 0 Å². The molecule has 0 fully saturated rings. The average Bonchev–Trinajstić information content (AvgIpc) is 2.64. The van der Waals surface area contributed by atoms with Crippen LogP contribution >= 0.6 is 0 Å². The van der Waals surface area contributed by atoms with Gasteiger partial charge in [-0.15, -0.1) is 0 Å². The Bertz CT molecular complexity index is 751. The van der Waals surface area contributed by atoms with Crippen molar-refractivity contribution >= 4 is 17.7 Å². The molecular weight excluding hydrogens is 356 g/mol. The standard InChI is InChI=1S/C20H30N6O2/c1-3-22-20-25-17(11-18(21)26-20)9-7-5-4-6-8-15(10-19(27)28)16-12-23-14(2)24-13-16/h11-13,15H,3-10H2,1-2H3,(H,27,28)(H3,21,22,25,26)/t15-/m0/s1. The monoisotopic (exact) mass is 386 g/mol. The molecule has 0 radical (unpaired) electrons. The van der Waals surface area contributed by atoms with E-state index in [1.54, 1.807) is 12.4 Å². The van der Waals surface area contributed by atoms with Gasteiger partial charge in [0.1, 0.15) is 11.6 Å². The summed E-state index contributed by atoms with van der Waals surface area (Å²) in [7, 11) is 0. The summed E-state index contributed by atoms with van der Waals surface area (Å²) < 4.78 is 0. The molecule has 2 heterocycles. The second-order valence-corrected chi connectivity index (χ2v) is 6.95. The number of carboxylic acid groups (broad SMARTS) is 1. The minimum Gasteiger partial charge on any atom is -0.481 e. The fourth-order valence-corrected chi connectivity index (χ4v) is 3.14. The number of nitrogens with zero attached hydrogens (tertiary/aromatic N) is 4. The second kappa shape index (κ2) is 11.2. The van der Waals surface area contributed by atoms with Gasteiger partial charge in [0.15, 0.2) is 0 Å². The second-order valence-electron chi connectivity index (χ2n) is 6.95. The van der Waals surface area contributed by atoms with Crippen molar-refractivity contribution in [3.63, 3.8) is 0 Å². The summed E-state index contributed by atoms with van der Waals surface area (Å²) in [4.78, 5) is 28.2. The molecule has 0 amide bonds. The minimum atomic E-state index is -0.789. The van der Waals surface area contributed by atoms with Gasteiger partial charge in [-0.05, 0) is 44.6 Å². The molecule has 0 saturated carbocycles. The summed E-state index contributed by atoms with van der Waals surface area (Å²) in [6.45, 7) is 4.57. The van der Waals surface area contributed by atoms with E-state index < -0.39 is 5.97 Å². The van der Waals surface area contributed by atoms with Gasteiger partial charge in [0, 0.05) is 30.7 Å². The van der Waals surface area contributed by atoms with E-state index in [0.717, 1.165) is 56.3 Å². The van der Waals surface area contributed by atoms with E-state index in [9.17, 15) is 9.90 Å². The number of carbonyl (C=O) groups is 1. The molecule has 0 unspecified atom stereocenters. The molecule has 2 rings (SSSR count). The largest absolute Gasteiger partial charge is 0.481 e. The molecule has 4 N–H and O–H groups in total. The Morgan fingerprint density at radius 1 is 1.18 bits per heavy atom. The number of anilines is 2. The Hall–Kier alpha value is -2.77. The molecule has 0 aliphatic rings. The maximum Gasteiger partial charge on any atom is 0.303 e. The first-order valence-corrected chi connectivity index (χ1v) is 9.85. The predicted octanol–water partition coefficient (Wildman–Crippen LogP) is 3.34. The summed E-state index contributed by atoms with van der Waals surface area (Å²) >= 11 is 0. The van der Waals surface area contributed by atoms with Gasteiger partial charge in [0.05, 0.1) is 6.42 Å². The van der Waals surface area contributed by atoms with Crippen molar-refractivity contribution in [1.82, 2.24) is 19.9 Å². The van der Waals surface area contributed by atoms with Crippen LogP contribution in [-0.4, -0.2) is 37.6 Å². The molecule has 2 aromatic rings. The molecule has 1 atom stereocenters. The Morgan fingerprint density at radius 2 is 1.89 bits per heavy atom. The maximum absolute atomic E-state index is 11.2. The Morgan fingerprint density at radius 3 is 2.57 bits per heavy atom. The molecule has 8 nitrogen and oxygen atoms in total. The van der Waals surface area contributed by atoms with Crippen molar-refractivity contribution < 1.29 is 9.90 Å². The van der Waals surface area contributed by atoms with Crippen molar-refractivity contribution in [3.05, 3.63) is 35.5 Å². The van der Waals surface area contributed by atoms with Crippen LogP contribution in [0.2, 0.25) is 0 Å². The van der Waals surface area contributed by atoms with Crippen molar-refractivity contribution in [3.8, 4) is 0 Å². The number of hydrogen-bond acceptors (Lipinski definition) is 7. The quantitative estimate of drug-likeness (QED) is 0.474. The first-order chi connectivity index (χ1) is 13.5. The van der Waals surface area contributed by atoms with E-state index in [0.29, 0.717) is 17.6 Å². The lowest BCUT2D eigenvalue weighted by molar-refractivity contribution is -0.137. The van der Waals surface area contributed by atoms with E-state index in [-0.39, 0.29) is 12.3 Å². The summed E-state index contributed by atoms with van der Waals surface area (Å²) in [6, 6.07) is 1.82. The molecule has 0 saturated heterocycles. The van der Waals surface area contributed by atoms with E-state index in [1.807, 2.05) is 19.9 Å². The van der Waals surface area contributed by atoms with Crippen molar-refractivity contribution in [2.75, 3.05) is 17.6 Å². The highest BCUT2D eigenvalue weighted by molar-refractivity contribution is 5.68. The number of nitrogens with one attached hydrogen (secondary N) is 1. The number of carboxylic acids is 1. The first-order valence-electron chi connectivity index (χ1n) is 9.85. The Labute approximate surface area is 166 Å². The van der Waals surface area contributed by atoms with E-state index in [4.69, 9.17) is 5.73 Å². The van der Waals surface area contributed by atoms with Gasteiger partial charge in [0.25, 0.3) is 0 Å². The minimum absolute atomic E-state index is 0.0394. The molecule has 2 aromatic heterocycles. The molecule has 0 aliphatic heterocycles. The molecule has 0 aromatic carbocycles. The van der Waals surface area contributed by atoms with Gasteiger partial charge < -0.3 is 16.2 Å². The Balaban J connectivity index is 1.76. The van der Waals surface area contributed by atoms with Crippen molar-refractivity contribution in [1.29, 1.82) is 0 Å². The number of aliphatic carboxylic acids is 1. The number of aryl methyl sites for hydroxylation is 2. The molecule has 8 heteroatoms. The third-order valence-electron chi connectivity index (χ3n) is 4.56. The third-order valence-corrected chi connectivity index (χ3v) is 4.56. The molecule has 0 spiro atoms. The van der Waals surface area contributed by atoms with Gasteiger partial charge in [-0.2, -0.15) is 4.98 Å². The molecular formula is C20H30N6O2. The lowest BCUT2D eigenvalue weighted by Gasteiger charge is -2.14. The molecule has 28 heavy (non-hydrogen) atoms. The first kappa shape index (κ1) is 21.5. The highest BCUT2D eigenvalue weighted by Gasteiger charge is 2.16. The summed E-state index contributed by atoms with van der Waals surface area (Å²) in [6.07, 6.45) is 9.38. The fourth-order valence-electron chi connectivity index (χ4n) is 3.14. The summed E-state index contributed by atoms with van der Waals surface area (Å²) in [5.41, 5.74) is 7.68. The van der Waals surface area contributed by atoms with E-state index in [2.05, 4.69) is 25.3 Å². The number of rotatable bonds is 12. The Kier molecular flexibility index (Phi) is 8.58. The highest BCUT2D eigenvalue weighted by atomic mass is 16.4. The highest BCUT2D eigenvalue weighted by Crippen LogP contribution is 2.25. The van der Waals surface area contributed by atoms with Crippen LogP contribution in [0.25, 0.3) is 0 Å². The van der Waals surface area contributed by atoms with Crippen LogP contribution in [0.4, 0.5) is 11.8 Å². The van der Waals surface area contributed by atoms with Gasteiger partial charge in [0.2, 0.25) is 5.95 Å². The normalized spacial score (nSPS) is 11.9. The van der Waals surface area contributed by atoms with Crippen LogP contribution in [0.1, 0.15) is 68.4 Å². The smallest absolute Gasteiger partial charge is 0.303 e. The lowest BCUT2D eigenvalue weighted by atomic mass is 9.92. The van der Waals surface area contributed by atoms with Crippen molar-refractivity contribution in [2.45, 2.75) is 64.7 Å². The van der Waals surface area contributed by atoms with Crippen LogP contribution in [0.3, 0.4) is 0 Å². The zero-order valence-corrected chi connectivity index (χ0v) is 16.7. The number of nitrogens with two attached hydrogens (primary N) is 1. The van der Waals surface area contributed by atoms with Gasteiger partial charge >= 0.3 is 5.97 Å². The van der Waals surface area contributed by atoms with Crippen molar-refractivity contribution in [2.24, 2.45) is 0 Å². The van der Waals surface area contributed by atoms with Gasteiger partial charge in [-0.25, -0.2) is 15.0 Å². The van der Waals surface area contributed by atoms with Crippen LogP contribution in [0.15, 0.2) is 18.5 Å². The predicted molar refractivity (Wildman–Crippen MR) is 109 cm³/mol. The number of nitrogen functional groups attached to an aromatic ring is 1. The average molecular weight is 386 g/mol.